The Kier molecular flexibility index (Phi) is 4.56. The van der Waals surface area contributed by atoms with Crippen molar-refractivity contribution in [1.82, 2.24) is 19.5 Å². The molecule has 1 aliphatic rings. The van der Waals surface area contributed by atoms with Gasteiger partial charge in [0, 0.05) is 13.1 Å². The summed E-state index contributed by atoms with van der Waals surface area (Å²) in [6.07, 6.45) is 3.15. The van der Waals surface area contributed by atoms with Crippen LogP contribution in [0.2, 0.25) is 5.15 Å². The Morgan fingerprint density at radius 3 is 3.13 bits per heavy atom. The summed E-state index contributed by atoms with van der Waals surface area (Å²) in [6.45, 7) is 5.07. The Balaban J connectivity index is 1.64. The van der Waals surface area contributed by atoms with Gasteiger partial charge in [-0.2, -0.15) is 0 Å². The first kappa shape index (κ1) is 15.9. The van der Waals surface area contributed by atoms with Crippen LogP contribution in [0.3, 0.4) is 0 Å². The molecule has 1 aliphatic heterocycles. The molecule has 0 radical (unpaired) electrons. The van der Waals surface area contributed by atoms with Gasteiger partial charge in [-0.3, -0.25) is 0 Å². The highest BCUT2D eigenvalue weighted by Gasteiger charge is 2.30. The van der Waals surface area contributed by atoms with Gasteiger partial charge in [-0.05, 0) is 38.8 Å². The summed E-state index contributed by atoms with van der Waals surface area (Å²) in [5, 5.41) is 8.12. The molecule has 0 unspecified atom stereocenters. The molecule has 7 nitrogen and oxygen atoms in total. The number of nitrogens with zero attached hydrogens (tertiary/aromatic N) is 4. The summed E-state index contributed by atoms with van der Waals surface area (Å²) in [6, 6.07) is 3.81. The lowest BCUT2D eigenvalue weighted by molar-refractivity contribution is 0.0746. The van der Waals surface area contributed by atoms with Crippen molar-refractivity contribution < 1.29 is 9.53 Å². The van der Waals surface area contributed by atoms with E-state index in [2.05, 4.69) is 15.4 Å². The number of hydrogen-bond donors (Lipinski definition) is 1. The fraction of sp³-hybridized carbons (Fsp3) is 0.533. The average Bonchev–Trinajstić information content (AvgIpc) is 3.12. The Morgan fingerprint density at radius 1 is 1.52 bits per heavy atom. The maximum atomic E-state index is 12.1. The molecule has 8 heteroatoms. The smallest absolute Gasteiger partial charge is 0.410 e. The van der Waals surface area contributed by atoms with E-state index in [-0.39, 0.29) is 18.2 Å². The van der Waals surface area contributed by atoms with Crippen molar-refractivity contribution in [1.29, 1.82) is 0 Å². The Bertz CT molecular complexity index is 702. The first-order valence-electron chi connectivity index (χ1n) is 7.76. The van der Waals surface area contributed by atoms with Gasteiger partial charge >= 0.3 is 6.09 Å². The lowest BCUT2D eigenvalue weighted by atomic mass is 10.2. The summed E-state index contributed by atoms with van der Waals surface area (Å²) < 4.78 is 6.87. The second-order valence-corrected chi connectivity index (χ2v) is 6.26. The van der Waals surface area contributed by atoms with Crippen molar-refractivity contribution in [2.24, 2.45) is 0 Å². The molecule has 1 saturated heterocycles. The molecule has 3 rings (SSSR count). The largest absolute Gasteiger partial charge is 0.447 e. The van der Waals surface area contributed by atoms with Crippen LogP contribution in [0.15, 0.2) is 18.3 Å². The van der Waals surface area contributed by atoms with Crippen LogP contribution in [-0.2, 0) is 4.74 Å². The van der Waals surface area contributed by atoms with E-state index >= 15 is 0 Å². The Hall–Kier alpha value is -2.02. The van der Waals surface area contributed by atoms with Crippen LogP contribution in [0.4, 0.5) is 10.6 Å². The molecule has 3 heterocycles. The summed E-state index contributed by atoms with van der Waals surface area (Å²) in [7, 11) is 0. The third kappa shape index (κ3) is 3.50. The van der Waals surface area contributed by atoms with Crippen LogP contribution in [0, 0.1) is 0 Å². The van der Waals surface area contributed by atoms with Gasteiger partial charge in [0.15, 0.2) is 10.8 Å². The molecular weight excluding hydrogens is 318 g/mol. The van der Waals surface area contributed by atoms with E-state index in [1.165, 1.54) is 0 Å². The van der Waals surface area contributed by atoms with Gasteiger partial charge in [0.1, 0.15) is 5.82 Å². The van der Waals surface area contributed by atoms with E-state index in [1.54, 1.807) is 15.6 Å². The fourth-order valence-corrected chi connectivity index (χ4v) is 2.89. The minimum atomic E-state index is -0.245. The highest BCUT2D eigenvalue weighted by molar-refractivity contribution is 6.29. The number of anilines is 1. The first-order chi connectivity index (χ1) is 11.0. The second-order valence-electron chi connectivity index (χ2n) is 5.87. The maximum absolute atomic E-state index is 12.1. The van der Waals surface area contributed by atoms with Crippen LogP contribution in [0.5, 0.6) is 0 Å². The van der Waals surface area contributed by atoms with Crippen molar-refractivity contribution in [3.8, 4) is 0 Å². The highest BCUT2D eigenvalue weighted by Crippen LogP contribution is 2.20. The number of amides is 1. The number of ether oxygens (including phenoxy) is 1. The predicted octanol–water partition coefficient (Wildman–Crippen LogP) is 2.80. The molecule has 1 atom stereocenters. The predicted molar refractivity (Wildman–Crippen MR) is 87.8 cm³/mol. The molecule has 23 heavy (non-hydrogen) atoms. The topological polar surface area (TPSA) is 71.8 Å². The van der Waals surface area contributed by atoms with E-state index in [4.69, 9.17) is 16.3 Å². The van der Waals surface area contributed by atoms with Crippen molar-refractivity contribution in [2.75, 3.05) is 18.4 Å². The minimum absolute atomic E-state index is 0.107. The van der Waals surface area contributed by atoms with Crippen LogP contribution < -0.4 is 5.32 Å². The maximum Gasteiger partial charge on any atom is 0.410 e. The minimum Gasteiger partial charge on any atom is -0.447 e. The lowest BCUT2D eigenvalue weighted by Gasteiger charge is -2.25. The zero-order chi connectivity index (χ0) is 16.4. The number of fused-ring (bicyclic) bond motifs is 1. The zero-order valence-corrected chi connectivity index (χ0v) is 14.0. The van der Waals surface area contributed by atoms with E-state index in [9.17, 15) is 4.79 Å². The standard InChI is InChI=1S/C15H20ClN5O2/c1-10(2)23-15(22)20-7-3-4-11(20)8-17-13-5-6-14-18-9-12(16)21(14)19-13/h5-6,9-11H,3-4,7-8H2,1-2H3,(H,17,19)/t11-/m0/s1. The monoisotopic (exact) mass is 337 g/mol. The Labute approximate surface area is 139 Å². The molecule has 0 bridgehead atoms. The van der Waals surface area contributed by atoms with Gasteiger partial charge in [0.25, 0.3) is 0 Å². The van der Waals surface area contributed by atoms with Gasteiger partial charge in [0.2, 0.25) is 0 Å². The summed E-state index contributed by atoms with van der Waals surface area (Å²) >= 11 is 6.03. The normalized spacial score (nSPS) is 17.9. The van der Waals surface area contributed by atoms with Gasteiger partial charge in [-0.1, -0.05) is 11.6 Å². The van der Waals surface area contributed by atoms with Crippen LogP contribution >= 0.6 is 11.6 Å². The SMILES string of the molecule is CC(C)OC(=O)N1CCC[C@H]1CNc1ccc2ncc(Cl)n2n1. The van der Waals surface area contributed by atoms with Crippen molar-refractivity contribution >= 4 is 29.2 Å². The number of nitrogens with one attached hydrogen (secondary N) is 1. The zero-order valence-electron chi connectivity index (χ0n) is 13.2. The summed E-state index contributed by atoms with van der Waals surface area (Å²) in [5.74, 6) is 0.696. The number of imidazole rings is 1. The first-order valence-corrected chi connectivity index (χ1v) is 8.14. The van der Waals surface area contributed by atoms with Crippen molar-refractivity contribution in [2.45, 2.75) is 38.8 Å². The molecule has 0 saturated carbocycles. The molecular formula is C15H20ClN5O2. The van der Waals surface area contributed by atoms with Crippen molar-refractivity contribution in [3.05, 3.63) is 23.5 Å². The number of halogens is 1. The molecule has 1 N–H and O–H groups in total. The molecule has 1 fully saturated rings. The number of hydrogen-bond acceptors (Lipinski definition) is 5. The van der Waals surface area contributed by atoms with E-state index in [1.807, 2.05) is 26.0 Å². The van der Waals surface area contributed by atoms with Crippen LogP contribution in [-0.4, -0.2) is 50.8 Å². The van der Waals surface area contributed by atoms with Crippen molar-refractivity contribution in [3.63, 3.8) is 0 Å². The molecule has 1 amide bonds. The third-order valence-electron chi connectivity index (χ3n) is 3.79. The van der Waals surface area contributed by atoms with Gasteiger partial charge < -0.3 is 15.0 Å². The molecule has 0 aromatic carbocycles. The van der Waals surface area contributed by atoms with E-state index in [0.717, 1.165) is 19.4 Å². The molecule has 2 aromatic heterocycles. The van der Waals surface area contributed by atoms with E-state index < -0.39 is 0 Å². The molecule has 0 spiro atoms. The summed E-state index contributed by atoms with van der Waals surface area (Å²) in [4.78, 5) is 18.0. The Morgan fingerprint density at radius 2 is 2.35 bits per heavy atom. The second kappa shape index (κ2) is 6.62. The summed E-state index contributed by atoms with van der Waals surface area (Å²) in [5.41, 5.74) is 0.698. The van der Waals surface area contributed by atoms with E-state index in [0.29, 0.717) is 23.2 Å². The molecule has 124 valence electrons. The number of carbonyl (C=O) groups excluding carboxylic acids is 1. The van der Waals surface area contributed by atoms with Crippen LogP contribution in [0.25, 0.3) is 5.65 Å². The van der Waals surface area contributed by atoms with Crippen LogP contribution in [0.1, 0.15) is 26.7 Å². The lowest BCUT2D eigenvalue weighted by Crippen LogP contribution is -2.40. The quantitative estimate of drug-likeness (QED) is 0.928. The van der Waals surface area contributed by atoms with Gasteiger partial charge in [-0.25, -0.2) is 14.3 Å². The molecule has 0 aliphatic carbocycles. The number of carbonyl (C=O) groups is 1. The number of likely N-dealkylation sites (tertiary alicyclic amines) is 1. The fourth-order valence-electron chi connectivity index (χ4n) is 2.72. The van der Waals surface area contributed by atoms with Gasteiger partial charge in [0.05, 0.1) is 18.3 Å². The number of rotatable bonds is 4. The molecule has 2 aromatic rings. The average molecular weight is 338 g/mol. The highest BCUT2D eigenvalue weighted by atomic mass is 35.5. The number of aromatic nitrogens is 3. The third-order valence-corrected chi connectivity index (χ3v) is 4.05. The van der Waals surface area contributed by atoms with Gasteiger partial charge in [-0.15, -0.1) is 5.10 Å².